The van der Waals surface area contributed by atoms with Gasteiger partial charge >= 0.3 is 5.97 Å². The topological polar surface area (TPSA) is 62.6 Å². The van der Waals surface area contributed by atoms with Gasteiger partial charge in [-0.25, -0.2) is 9.48 Å². The predicted octanol–water partition coefficient (Wildman–Crippen LogP) is 4.17. The first-order chi connectivity index (χ1) is 13.5. The molecule has 0 saturated heterocycles. The molecule has 0 spiro atoms. The van der Waals surface area contributed by atoms with E-state index in [1.807, 2.05) is 63.2 Å². The van der Waals surface area contributed by atoms with Crippen molar-refractivity contribution in [2.75, 3.05) is 14.2 Å². The van der Waals surface area contributed by atoms with Crippen molar-refractivity contribution >= 4 is 5.97 Å². The molecule has 0 N–H and O–H groups in total. The van der Waals surface area contributed by atoms with Crippen LogP contribution in [-0.2, 0) is 11.3 Å². The van der Waals surface area contributed by atoms with Crippen LogP contribution in [0.4, 0.5) is 0 Å². The molecule has 2 aromatic carbocycles. The molecule has 28 heavy (non-hydrogen) atoms. The molecule has 0 bridgehead atoms. The number of hydrogen-bond donors (Lipinski definition) is 0. The Bertz CT molecular complexity index is 994. The van der Waals surface area contributed by atoms with Gasteiger partial charge in [-0.05, 0) is 56.2 Å². The second-order valence-corrected chi connectivity index (χ2v) is 6.50. The van der Waals surface area contributed by atoms with Crippen LogP contribution in [0.25, 0.3) is 5.69 Å². The highest BCUT2D eigenvalue weighted by Crippen LogP contribution is 2.30. The van der Waals surface area contributed by atoms with E-state index in [0.29, 0.717) is 22.8 Å². The normalized spacial score (nSPS) is 10.6. The number of aromatic nitrogens is 2. The van der Waals surface area contributed by atoms with Crippen LogP contribution in [0.5, 0.6) is 11.5 Å². The number of carbonyl (C=O) groups is 1. The molecule has 0 aliphatic rings. The van der Waals surface area contributed by atoms with Gasteiger partial charge in [-0.2, -0.15) is 5.10 Å². The third-order valence-corrected chi connectivity index (χ3v) is 4.70. The van der Waals surface area contributed by atoms with Crippen LogP contribution in [0.2, 0.25) is 0 Å². The molecule has 0 fully saturated rings. The SMILES string of the molecule is COc1cc(C)c(COC(=O)c2c(C)nn(-c3ccccc3)c2C)cc1OC. The van der Waals surface area contributed by atoms with Gasteiger partial charge in [0.25, 0.3) is 0 Å². The van der Waals surface area contributed by atoms with Crippen LogP contribution >= 0.6 is 0 Å². The average molecular weight is 380 g/mol. The monoisotopic (exact) mass is 380 g/mol. The van der Waals surface area contributed by atoms with Crippen LogP contribution in [0.15, 0.2) is 42.5 Å². The molecular formula is C22H24N2O4. The molecular weight excluding hydrogens is 356 g/mol. The number of nitrogens with zero attached hydrogens (tertiary/aromatic N) is 2. The number of esters is 1. The first-order valence-electron chi connectivity index (χ1n) is 8.96. The van der Waals surface area contributed by atoms with Crippen molar-refractivity contribution in [3.05, 3.63) is 70.5 Å². The van der Waals surface area contributed by atoms with Crippen molar-refractivity contribution in [1.29, 1.82) is 0 Å². The number of benzene rings is 2. The number of para-hydroxylation sites is 1. The number of rotatable bonds is 6. The zero-order valence-electron chi connectivity index (χ0n) is 16.8. The average Bonchev–Trinajstić information content (AvgIpc) is 3.01. The minimum atomic E-state index is -0.397. The fourth-order valence-electron chi connectivity index (χ4n) is 3.15. The molecule has 3 rings (SSSR count). The molecule has 1 aromatic heterocycles. The van der Waals surface area contributed by atoms with E-state index in [2.05, 4.69) is 5.10 Å². The Hall–Kier alpha value is -3.28. The van der Waals surface area contributed by atoms with Crippen LogP contribution in [0.1, 0.15) is 32.9 Å². The molecule has 0 aliphatic carbocycles. The number of aryl methyl sites for hydroxylation is 2. The first-order valence-corrected chi connectivity index (χ1v) is 8.96. The smallest absolute Gasteiger partial charge is 0.342 e. The minimum Gasteiger partial charge on any atom is -0.493 e. The van der Waals surface area contributed by atoms with E-state index >= 15 is 0 Å². The largest absolute Gasteiger partial charge is 0.493 e. The highest BCUT2D eigenvalue weighted by molar-refractivity contribution is 5.92. The van der Waals surface area contributed by atoms with Gasteiger partial charge in [0.15, 0.2) is 11.5 Å². The maximum Gasteiger partial charge on any atom is 0.342 e. The molecule has 6 nitrogen and oxygen atoms in total. The number of ether oxygens (including phenoxy) is 3. The van der Waals surface area contributed by atoms with Gasteiger partial charge in [0.2, 0.25) is 0 Å². The van der Waals surface area contributed by atoms with Crippen molar-refractivity contribution in [2.45, 2.75) is 27.4 Å². The molecule has 1 heterocycles. The lowest BCUT2D eigenvalue weighted by atomic mass is 10.1. The summed E-state index contributed by atoms with van der Waals surface area (Å²) in [6.45, 7) is 5.76. The van der Waals surface area contributed by atoms with Crippen LogP contribution in [-0.4, -0.2) is 30.0 Å². The molecule has 0 radical (unpaired) electrons. The molecule has 0 amide bonds. The van der Waals surface area contributed by atoms with Crippen molar-refractivity contribution < 1.29 is 19.0 Å². The van der Waals surface area contributed by atoms with E-state index in [-0.39, 0.29) is 6.61 Å². The molecule has 3 aromatic rings. The van der Waals surface area contributed by atoms with E-state index in [1.165, 1.54) is 0 Å². The number of methoxy groups -OCH3 is 2. The number of carbonyl (C=O) groups excluding carboxylic acids is 1. The third-order valence-electron chi connectivity index (χ3n) is 4.70. The van der Waals surface area contributed by atoms with Crippen molar-refractivity contribution in [1.82, 2.24) is 9.78 Å². The van der Waals surface area contributed by atoms with Crippen LogP contribution < -0.4 is 9.47 Å². The summed E-state index contributed by atoms with van der Waals surface area (Å²) in [6, 6.07) is 13.4. The van der Waals surface area contributed by atoms with Gasteiger partial charge < -0.3 is 14.2 Å². The fourth-order valence-corrected chi connectivity index (χ4v) is 3.15. The zero-order valence-corrected chi connectivity index (χ0v) is 16.8. The fraction of sp³-hybridized carbons (Fsp3) is 0.273. The van der Waals surface area contributed by atoms with Gasteiger partial charge in [-0.1, -0.05) is 18.2 Å². The summed E-state index contributed by atoms with van der Waals surface area (Å²) in [4.78, 5) is 12.8. The minimum absolute atomic E-state index is 0.139. The Balaban J connectivity index is 1.82. The molecule has 146 valence electrons. The molecule has 0 unspecified atom stereocenters. The van der Waals surface area contributed by atoms with E-state index in [1.54, 1.807) is 18.9 Å². The van der Waals surface area contributed by atoms with E-state index in [4.69, 9.17) is 14.2 Å². The van der Waals surface area contributed by atoms with Gasteiger partial charge in [0.05, 0.1) is 31.3 Å². The van der Waals surface area contributed by atoms with Crippen molar-refractivity contribution in [3.63, 3.8) is 0 Å². The summed E-state index contributed by atoms with van der Waals surface area (Å²) < 4.78 is 18.0. The van der Waals surface area contributed by atoms with Gasteiger partial charge in [-0.3, -0.25) is 0 Å². The summed E-state index contributed by atoms with van der Waals surface area (Å²) >= 11 is 0. The van der Waals surface area contributed by atoms with Crippen molar-refractivity contribution in [3.8, 4) is 17.2 Å². The van der Waals surface area contributed by atoms with E-state index in [0.717, 1.165) is 22.5 Å². The third kappa shape index (κ3) is 3.71. The summed E-state index contributed by atoms with van der Waals surface area (Å²) in [5, 5.41) is 4.50. The van der Waals surface area contributed by atoms with Crippen LogP contribution in [0.3, 0.4) is 0 Å². The maximum absolute atomic E-state index is 12.8. The number of hydrogen-bond acceptors (Lipinski definition) is 5. The van der Waals surface area contributed by atoms with Crippen LogP contribution in [0, 0.1) is 20.8 Å². The highest BCUT2D eigenvalue weighted by Gasteiger charge is 2.21. The first kappa shape index (κ1) is 19.5. The van der Waals surface area contributed by atoms with Crippen molar-refractivity contribution in [2.24, 2.45) is 0 Å². The Labute approximate surface area is 164 Å². The van der Waals surface area contributed by atoms with Gasteiger partial charge in [0.1, 0.15) is 12.2 Å². The lowest BCUT2D eigenvalue weighted by molar-refractivity contribution is 0.0470. The van der Waals surface area contributed by atoms with Gasteiger partial charge in [-0.15, -0.1) is 0 Å². The molecule has 0 saturated carbocycles. The van der Waals surface area contributed by atoms with Gasteiger partial charge in [0, 0.05) is 0 Å². The summed E-state index contributed by atoms with van der Waals surface area (Å²) in [7, 11) is 3.17. The molecule has 0 atom stereocenters. The highest BCUT2D eigenvalue weighted by atomic mass is 16.5. The summed E-state index contributed by atoms with van der Waals surface area (Å²) in [5.41, 5.74) is 4.59. The van der Waals surface area contributed by atoms with E-state index < -0.39 is 5.97 Å². The lowest BCUT2D eigenvalue weighted by Gasteiger charge is -2.13. The second-order valence-electron chi connectivity index (χ2n) is 6.50. The van der Waals surface area contributed by atoms with E-state index in [9.17, 15) is 4.79 Å². The Morgan fingerprint density at radius 3 is 2.29 bits per heavy atom. The molecule has 0 aliphatic heterocycles. The summed E-state index contributed by atoms with van der Waals surface area (Å²) in [6.07, 6.45) is 0. The lowest BCUT2D eigenvalue weighted by Crippen LogP contribution is -2.09. The maximum atomic E-state index is 12.8. The predicted molar refractivity (Wildman–Crippen MR) is 106 cm³/mol. The Morgan fingerprint density at radius 1 is 1.00 bits per heavy atom. The zero-order chi connectivity index (χ0) is 20.3. The Kier molecular flexibility index (Phi) is 5.68. The second kappa shape index (κ2) is 8.17. The quantitative estimate of drug-likeness (QED) is 0.601. The summed E-state index contributed by atoms with van der Waals surface area (Å²) in [5.74, 6) is 0.848. The molecule has 6 heteroatoms. The Morgan fingerprint density at radius 2 is 1.64 bits per heavy atom. The standard InChI is InChI=1S/C22H24N2O4/c1-14-11-19(26-4)20(27-5)12-17(14)13-28-22(25)21-15(2)23-24(16(21)3)18-9-7-6-8-10-18/h6-12H,13H2,1-5H3.